The molecule has 0 saturated carbocycles. The molecule has 0 aliphatic carbocycles. The minimum atomic E-state index is 0.440. The summed E-state index contributed by atoms with van der Waals surface area (Å²) in [6, 6.07) is 5.27. The second-order valence-corrected chi connectivity index (χ2v) is 3.17. The van der Waals surface area contributed by atoms with Crippen molar-refractivity contribution in [3.05, 3.63) is 29.0 Å². The van der Waals surface area contributed by atoms with Gasteiger partial charge in [0.25, 0.3) is 0 Å². The second kappa shape index (κ2) is 2.85. The summed E-state index contributed by atoms with van der Waals surface area (Å²) in [5.41, 5.74) is 2.26. The minimum absolute atomic E-state index is 0.440. The standard InChI is InChI=1S/C9H7ClN2O/c1-12-6(5-13)4-7-8(12)2-3-9(10)11-7/h2-5H,1H3. The van der Waals surface area contributed by atoms with E-state index < -0.39 is 0 Å². The number of halogens is 1. The van der Waals surface area contributed by atoms with Crippen LogP contribution >= 0.6 is 11.6 Å². The lowest BCUT2D eigenvalue weighted by atomic mass is 10.4. The number of aryl methyl sites for hydroxylation is 1. The van der Waals surface area contributed by atoms with Crippen molar-refractivity contribution in [2.24, 2.45) is 7.05 Å². The lowest BCUT2D eigenvalue weighted by Gasteiger charge is -1.96. The predicted octanol–water partition coefficient (Wildman–Crippen LogP) is 2.04. The number of pyridine rings is 1. The molecule has 0 amide bonds. The Kier molecular flexibility index (Phi) is 1.81. The molecule has 0 unspecified atom stereocenters. The fraction of sp³-hybridized carbons (Fsp3) is 0.111. The molecule has 13 heavy (non-hydrogen) atoms. The zero-order chi connectivity index (χ0) is 9.42. The molecular weight excluding hydrogens is 188 g/mol. The Hall–Kier alpha value is -1.35. The maximum Gasteiger partial charge on any atom is 0.166 e. The van der Waals surface area contributed by atoms with Gasteiger partial charge in [-0.3, -0.25) is 4.79 Å². The summed E-state index contributed by atoms with van der Waals surface area (Å²) >= 11 is 5.71. The van der Waals surface area contributed by atoms with Crippen molar-refractivity contribution in [1.29, 1.82) is 0 Å². The minimum Gasteiger partial charge on any atom is -0.340 e. The molecule has 0 fully saturated rings. The average Bonchev–Trinajstić information content (AvgIpc) is 2.42. The van der Waals surface area contributed by atoms with Gasteiger partial charge in [-0.15, -0.1) is 0 Å². The van der Waals surface area contributed by atoms with E-state index in [4.69, 9.17) is 11.6 Å². The summed E-state index contributed by atoms with van der Waals surface area (Å²) in [5, 5.41) is 0.440. The largest absolute Gasteiger partial charge is 0.340 e. The van der Waals surface area contributed by atoms with Crippen LogP contribution < -0.4 is 0 Å². The summed E-state index contributed by atoms with van der Waals surface area (Å²) in [5.74, 6) is 0. The van der Waals surface area contributed by atoms with Crippen LogP contribution in [0.5, 0.6) is 0 Å². The highest BCUT2D eigenvalue weighted by Gasteiger charge is 2.05. The third kappa shape index (κ3) is 1.21. The van der Waals surface area contributed by atoms with Gasteiger partial charge in [0.15, 0.2) is 6.29 Å². The molecule has 2 aromatic heterocycles. The summed E-state index contributed by atoms with van der Waals surface area (Å²) in [7, 11) is 1.82. The van der Waals surface area contributed by atoms with Gasteiger partial charge in [-0.2, -0.15) is 0 Å². The third-order valence-corrected chi connectivity index (χ3v) is 2.23. The molecule has 3 nitrogen and oxygen atoms in total. The Labute approximate surface area is 79.9 Å². The van der Waals surface area contributed by atoms with Crippen LogP contribution in [0.2, 0.25) is 5.15 Å². The molecule has 0 spiro atoms. The number of aromatic nitrogens is 2. The van der Waals surface area contributed by atoms with Crippen LogP contribution in [-0.4, -0.2) is 15.8 Å². The molecule has 0 aliphatic rings. The second-order valence-electron chi connectivity index (χ2n) is 2.78. The van der Waals surface area contributed by atoms with E-state index in [9.17, 15) is 4.79 Å². The lowest BCUT2D eigenvalue weighted by molar-refractivity contribution is 0.111. The van der Waals surface area contributed by atoms with Crippen molar-refractivity contribution >= 4 is 28.9 Å². The van der Waals surface area contributed by atoms with Gasteiger partial charge in [-0.1, -0.05) is 11.6 Å². The molecule has 2 rings (SSSR count). The number of carbonyl (C=O) groups is 1. The number of fused-ring (bicyclic) bond motifs is 1. The first-order valence-electron chi connectivity index (χ1n) is 3.79. The molecule has 0 bridgehead atoms. The van der Waals surface area contributed by atoms with Gasteiger partial charge < -0.3 is 4.57 Å². The van der Waals surface area contributed by atoms with Gasteiger partial charge in [0, 0.05) is 7.05 Å². The van der Waals surface area contributed by atoms with E-state index in [-0.39, 0.29) is 0 Å². The normalized spacial score (nSPS) is 10.6. The molecule has 66 valence electrons. The summed E-state index contributed by atoms with van der Waals surface area (Å²) in [4.78, 5) is 14.7. The maximum absolute atomic E-state index is 10.6. The first-order valence-corrected chi connectivity index (χ1v) is 4.17. The molecule has 0 N–H and O–H groups in total. The Balaban J connectivity index is 2.83. The van der Waals surface area contributed by atoms with Gasteiger partial charge in [0.1, 0.15) is 5.15 Å². The molecule has 0 atom stereocenters. The predicted molar refractivity (Wildman–Crippen MR) is 51.1 cm³/mol. The molecule has 0 radical (unpaired) electrons. The van der Waals surface area contributed by atoms with Crippen LogP contribution in [0, 0.1) is 0 Å². The fourth-order valence-electron chi connectivity index (χ4n) is 1.32. The first kappa shape index (κ1) is 8.26. The SMILES string of the molecule is Cn1c(C=O)cc2nc(Cl)ccc21. The Morgan fingerprint density at radius 2 is 2.31 bits per heavy atom. The van der Waals surface area contributed by atoms with Gasteiger partial charge in [-0.25, -0.2) is 4.98 Å². The van der Waals surface area contributed by atoms with Crippen LogP contribution in [0.15, 0.2) is 18.2 Å². The molecule has 2 heterocycles. The van der Waals surface area contributed by atoms with E-state index >= 15 is 0 Å². The highest BCUT2D eigenvalue weighted by Crippen LogP contribution is 2.17. The highest BCUT2D eigenvalue weighted by molar-refractivity contribution is 6.29. The van der Waals surface area contributed by atoms with E-state index in [1.165, 1.54) is 0 Å². The number of hydrogen-bond acceptors (Lipinski definition) is 2. The summed E-state index contributed by atoms with van der Waals surface area (Å²) < 4.78 is 1.78. The van der Waals surface area contributed by atoms with E-state index in [1.807, 2.05) is 13.1 Å². The third-order valence-electron chi connectivity index (χ3n) is 2.02. The highest BCUT2D eigenvalue weighted by atomic mass is 35.5. The molecule has 2 aromatic rings. The number of rotatable bonds is 1. The number of aldehydes is 1. The van der Waals surface area contributed by atoms with Crippen molar-refractivity contribution in [2.75, 3.05) is 0 Å². The Bertz CT molecular complexity index is 476. The monoisotopic (exact) mass is 194 g/mol. The average molecular weight is 195 g/mol. The number of hydrogen-bond donors (Lipinski definition) is 0. The summed E-state index contributed by atoms with van der Waals surface area (Å²) in [6.45, 7) is 0. The van der Waals surface area contributed by atoms with Crippen molar-refractivity contribution in [3.63, 3.8) is 0 Å². The zero-order valence-corrected chi connectivity index (χ0v) is 7.75. The smallest absolute Gasteiger partial charge is 0.166 e. The van der Waals surface area contributed by atoms with E-state index in [1.54, 1.807) is 16.7 Å². The van der Waals surface area contributed by atoms with Crippen molar-refractivity contribution in [1.82, 2.24) is 9.55 Å². The maximum atomic E-state index is 10.6. The van der Waals surface area contributed by atoms with Crippen LogP contribution in [0.25, 0.3) is 11.0 Å². The van der Waals surface area contributed by atoms with Gasteiger partial charge in [0.2, 0.25) is 0 Å². The molecule has 0 aromatic carbocycles. The summed E-state index contributed by atoms with van der Waals surface area (Å²) in [6.07, 6.45) is 0.801. The number of carbonyl (C=O) groups excluding carboxylic acids is 1. The van der Waals surface area contributed by atoms with Crippen LogP contribution in [0.1, 0.15) is 10.5 Å². The zero-order valence-electron chi connectivity index (χ0n) is 6.99. The lowest BCUT2D eigenvalue weighted by Crippen LogP contribution is -1.92. The molecule has 0 saturated heterocycles. The van der Waals surface area contributed by atoms with E-state index in [0.717, 1.165) is 17.3 Å². The van der Waals surface area contributed by atoms with Crippen LogP contribution in [0.4, 0.5) is 0 Å². The first-order chi connectivity index (χ1) is 6.22. The van der Waals surface area contributed by atoms with Gasteiger partial charge in [-0.05, 0) is 18.2 Å². The van der Waals surface area contributed by atoms with E-state index in [2.05, 4.69) is 4.98 Å². The van der Waals surface area contributed by atoms with Crippen molar-refractivity contribution in [2.45, 2.75) is 0 Å². The van der Waals surface area contributed by atoms with E-state index in [0.29, 0.717) is 10.8 Å². The van der Waals surface area contributed by atoms with Crippen molar-refractivity contribution in [3.8, 4) is 0 Å². The quantitative estimate of drug-likeness (QED) is 0.514. The molecule has 4 heteroatoms. The van der Waals surface area contributed by atoms with Crippen molar-refractivity contribution < 1.29 is 4.79 Å². The molecular formula is C9H7ClN2O. The number of nitrogens with zero attached hydrogens (tertiary/aromatic N) is 2. The fourth-order valence-corrected chi connectivity index (χ4v) is 1.48. The van der Waals surface area contributed by atoms with Crippen LogP contribution in [-0.2, 0) is 7.05 Å². The Morgan fingerprint density at radius 1 is 1.54 bits per heavy atom. The Morgan fingerprint density at radius 3 is 3.00 bits per heavy atom. The van der Waals surface area contributed by atoms with Gasteiger partial charge >= 0.3 is 0 Å². The topological polar surface area (TPSA) is 34.9 Å². The van der Waals surface area contributed by atoms with Gasteiger partial charge in [0.05, 0.1) is 16.7 Å². The van der Waals surface area contributed by atoms with Crippen LogP contribution in [0.3, 0.4) is 0 Å². The molecule has 0 aliphatic heterocycles.